The fourth-order valence-corrected chi connectivity index (χ4v) is 5.84. The number of amidine groups is 1. The average molecular weight is 411 g/mol. The van der Waals surface area contributed by atoms with Gasteiger partial charge in [-0.25, -0.2) is 0 Å². The van der Waals surface area contributed by atoms with E-state index in [-0.39, 0.29) is 23.0 Å². The second kappa shape index (κ2) is 7.03. The number of amides is 1. The molecule has 1 aromatic rings. The molecular weight excluding hydrogens is 380 g/mol. The zero-order valence-corrected chi connectivity index (χ0v) is 18.7. The summed E-state index contributed by atoms with van der Waals surface area (Å²) in [5, 5.41) is 18.9. The molecule has 0 spiro atoms. The minimum Gasteiger partial charge on any atom is -0.349 e. The Morgan fingerprint density at radius 2 is 1.72 bits per heavy atom. The second-order valence-corrected chi connectivity index (χ2v) is 10.6. The van der Waals surface area contributed by atoms with Crippen LogP contribution >= 0.6 is 11.8 Å². The maximum atomic E-state index is 12.9. The summed E-state index contributed by atoms with van der Waals surface area (Å²) in [7, 11) is 0. The largest absolute Gasteiger partial charge is 0.349 e. The normalized spacial score (nSPS) is 26.7. The van der Waals surface area contributed by atoms with Gasteiger partial charge in [-0.15, -0.1) is 0 Å². The van der Waals surface area contributed by atoms with Gasteiger partial charge in [0.15, 0.2) is 0 Å². The maximum absolute atomic E-state index is 12.9. The van der Waals surface area contributed by atoms with Crippen LogP contribution in [0.2, 0.25) is 0 Å². The third-order valence-electron chi connectivity index (χ3n) is 5.84. The van der Waals surface area contributed by atoms with Crippen LogP contribution in [0, 0.1) is 12.3 Å². The van der Waals surface area contributed by atoms with Crippen molar-refractivity contribution in [2.75, 3.05) is 0 Å². The number of rotatable bonds is 2. The summed E-state index contributed by atoms with van der Waals surface area (Å²) in [5.41, 5.74) is 4.05. The quantitative estimate of drug-likeness (QED) is 0.678. The molecule has 2 saturated heterocycles. The molecule has 3 heterocycles. The number of aryl methyl sites for hydroxylation is 1. The molecule has 0 aliphatic carbocycles. The van der Waals surface area contributed by atoms with Gasteiger partial charge in [-0.2, -0.15) is 0 Å². The molecule has 1 amide bonds. The van der Waals surface area contributed by atoms with Crippen LogP contribution in [0.15, 0.2) is 40.3 Å². The van der Waals surface area contributed by atoms with E-state index < -0.39 is 0 Å². The van der Waals surface area contributed by atoms with E-state index in [1.807, 2.05) is 0 Å². The number of nitrogens with zero attached hydrogens (tertiary/aromatic N) is 1. The third-order valence-corrected chi connectivity index (χ3v) is 6.77. The van der Waals surface area contributed by atoms with Crippen molar-refractivity contribution >= 4 is 29.2 Å². The SMILES string of the molecule is Cc1ccc(C2=CS/C(=C3/CC(=O)N(C4CC(C)(C)NC(C)(C)C4)C3=N)N2)cc1. The first-order valence-electron chi connectivity index (χ1n) is 10.2. The summed E-state index contributed by atoms with van der Waals surface area (Å²) in [4.78, 5) is 14.7. The molecule has 3 N–H and O–H groups in total. The molecule has 0 bridgehead atoms. The number of carbonyl (C=O) groups excluding carboxylic acids is 1. The highest BCUT2D eigenvalue weighted by Gasteiger charge is 2.45. The van der Waals surface area contributed by atoms with Crippen molar-refractivity contribution in [3.05, 3.63) is 51.4 Å². The smallest absolute Gasteiger partial charge is 0.233 e. The van der Waals surface area contributed by atoms with E-state index in [4.69, 9.17) is 5.41 Å². The van der Waals surface area contributed by atoms with Gasteiger partial charge in [-0.3, -0.25) is 15.1 Å². The Kier molecular flexibility index (Phi) is 4.90. The molecule has 5 nitrogen and oxygen atoms in total. The molecule has 29 heavy (non-hydrogen) atoms. The summed E-state index contributed by atoms with van der Waals surface area (Å²) >= 11 is 1.58. The van der Waals surface area contributed by atoms with Gasteiger partial charge in [0.2, 0.25) is 5.91 Å². The Morgan fingerprint density at radius 3 is 2.34 bits per heavy atom. The van der Waals surface area contributed by atoms with Crippen molar-refractivity contribution in [3.63, 3.8) is 0 Å². The number of hydrogen-bond acceptors (Lipinski definition) is 5. The van der Waals surface area contributed by atoms with Crippen LogP contribution in [0.5, 0.6) is 0 Å². The number of hydrogen-bond donors (Lipinski definition) is 3. The van der Waals surface area contributed by atoms with Gasteiger partial charge in [0.25, 0.3) is 0 Å². The Hall–Kier alpha value is -2.05. The van der Waals surface area contributed by atoms with Crippen molar-refractivity contribution in [2.24, 2.45) is 0 Å². The van der Waals surface area contributed by atoms with Gasteiger partial charge in [0, 0.05) is 28.1 Å². The van der Waals surface area contributed by atoms with Crippen molar-refractivity contribution in [3.8, 4) is 0 Å². The number of benzene rings is 1. The Morgan fingerprint density at radius 1 is 1.10 bits per heavy atom. The highest BCUT2D eigenvalue weighted by Crippen LogP contribution is 2.39. The van der Waals surface area contributed by atoms with Crippen LogP contribution in [0.1, 0.15) is 58.1 Å². The summed E-state index contributed by atoms with van der Waals surface area (Å²) in [6.07, 6.45) is 2.00. The molecule has 3 aliphatic rings. The van der Waals surface area contributed by atoms with E-state index in [0.29, 0.717) is 12.3 Å². The molecular formula is C23H30N4OS. The number of nitrogens with one attached hydrogen (secondary N) is 3. The third kappa shape index (κ3) is 4.01. The zero-order valence-electron chi connectivity index (χ0n) is 17.8. The predicted octanol–water partition coefficient (Wildman–Crippen LogP) is 4.36. The van der Waals surface area contributed by atoms with Gasteiger partial charge < -0.3 is 10.6 Å². The molecule has 1 aromatic carbocycles. The second-order valence-electron chi connectivity index (χ2n) is 9.69. The highest BCUT2D eigenvalue weighted by molar-refractivity contribution is 8.06. The van der Waals surface area contributed by atoms with E-state index in [9.17, 15) is 4.79 Å². The van der Waals surface area contributed by atoms with E-state index in [2.05, 4.69) is 74.9 Å². The lowest BCUT2D eigenvalue weighted by molar-refractivity contribution is -0.128. The maximum Gasteiger partial charge on any atom is 0.233 e. The topological polar surface area (TPSA) is 68.2 Å². The first-order chi connectivity index (χ1) is 13.5. The Labute approximate surface area is 177 Å². The van der Waals surface area contributed by atoms with Gasteiger partial charge >= 0.3 is 0 Å². The van der Waals surface area contributed by atoms with Crippen LogP contribution in [-0.2, 0) is 4.79 Å². The zero-order chi connectivity index (χ0) is 21.0. The van der Waals surface area contributed by atoms with Gasteiger partial charge in [-0.05, 0) is 53.0 Å². The summed E-state index contributed by atoms with van der Waals surface area (Å²) in [6, 6.07) is 8.43. The van der Waals surface area contributed by atoms with Crippen LogP contribution in [0.25, 0.3) is 5.70 Å². The molecule has 0 atom stereocenters. The minimum absolute atomic E-state index is 0.0437. The lowest BCUT2D eigenvalue weighted by Gasteiger charge is -2.48. The first-order valence-corrected chi connectivity index (χ1v) is 11.1. The van der Waals surface area contributed by atoms with E-state index in [1.54, 1.807) is 16.7 Å². The van der Waals surface area contributed by atoms with Gasteiger partial charge in [-0.1, -0.05) is 41.6 Å². The van der Waals surface area contributed by atoms with Gasteiger partial charge in [0.1, 0.15) is 5.84 Å². The van der Waals surface area contributed by atoms with E-state index in [1.165, 1.54) is 5.56 Å². The minimum atomic E-state index is -0.0661. The number of carbonyl (C=O) groups is 1. The molecule has 4 rings (SSSR count). The van der Waals surface area contributed by atoms with Gasteiger partial charge in [0.05, 0.1) is 17.1 Å². The molecule has 0 aromatic heterocycles. The Balaban J connectivity index is 1.55. The summed E-state index contributed by atoms with van der Waals surface area (Å²) in [5.74, 6) is 0.407. The molecule has 0 unspecified atom stereocenters. The first kappa shape index (κ1) is 20.2. The molecule has 154 valence electrons. The van der Waals surface area contributed by atoms with Crippen LogP contribution in [0.3, 0.4) is 0 Å². The summed E-state index contributed by atoms with van der Waals surface area (Å²) < 4.78 is 0. The van der Waals surface area contributed by atoms with Crippen molar-refractivity contribution in [1.82, 2.24) is 15.5 Å². The summed E-state index contributed by atoms with van der Waals surface area (Å²) in [6.45, 7) is 10.8. The fourth-order valence-electron chi connectivity index (χ4n) is 4.93. The lowest BCUT2D eigenvalue weighted by atomic mass is 9.79. The van der Waals surface area contributed by atoms with Crippen LogP contribution in [-0.4, -0.2) is 33.8 Å². The lowest BCUT2D eigenvalue weighted by Crippen LogP contribution is -2.62. The van der Waals surface area contributed by atoms with Crippen LogP contribution < -0.4 is 10.6 Å². The molecule has 6 heteroatoms. The number of piperidine rings is 1. The van der Waals surface area contributed by atoms with Crippen LogP contribution in [0.4, 0.5) is 0 Å². The molecule has 0 saturated carbocycles. The standard InChI is InChI=1S/C23H30N4OS/c1-14-6-8-15(9-7-14)18-13-29-21(25-18)17-10-19(28)27(20(17)24)16-11-22(2,3)26-23(4,5)12-16/h6-9,13,16,24-26H,10-12H2,1-5H3/b21-17-,24-20?. The molecule has 2 fully saturated rings. The number of thioether (sulfide) groups is 1. The average Bonchev–Trinajstić information content (AvgIpc) is 3.17. The molecule has 0 radical (unpaired) electrons. The number of likely N-dealkylation sites (tertiary alicyclic amines) is 1. The fraction of sp³-hybridized carbons (Fsp3) is 0.478. The van der Waals surface area contributed by atoms with Crippen molar-refractivity contribution < 1.29 is 4.79 Å². The van der Waals surface area contributed by atoms with Crippen molar-refractivity contribution in [2.45, 2.75) is 71.0 Å². The Bertz CT molecular complexity index is 911. The van der Waals surface area contributed by atoms with Crippen molar-refractivity contribution in [1.29, 1.82) is 5.41 Å². The van der Waals surface area contributed by atoms with E-state index >= 15 is 0 Å². The predicted molar refractivity (Wildman–Crippen MR) is 120 cm³/mol. The highest BCUT2D eigenvalue weighted by atomic mass is 32.2. The monoisotopic (exact) mass is 410 g/mol. The van der Waals surface area contributed by atoms with E-state index in [0.717, 1.165) is 34.7 Å². The molecule has 3 aliphatic heterocycles.